The fourth-order valence-electron chi connectivity index (χ4n) is 1.65. The second-order valence-electron chi connectivity index (χ2n) is 3.43. The predicted molar refractivity (Wildman–Crippen MR) is 58.1 cm³/mol. The summed E-state index contributed by atoms with van der Waals surface area (Å²) in [6.07, 6.45) is 0. The van der Waals surface area contributed by atoms with Gasteiger partial charge in [-0.3, -0.25) is 9.59 Å². The summed E-state index contributed by atoms with van der Waals surface area (Å²) in [4.78, 5) is 24.0. The van der Waals surface area contributed by atoms with Gasteiger partial charge in [-0.15, -0.1) is 0 Å². The Labute approximate surface area is 95.2 Å². The van der Waals surface area contributed by atoms with Crippen molar-refractivity contribution in [3.05, 3.63) is 33.8 Å². The van der Waals surface area contributed by atoms with Crippen LogP contribution in [0.4, 0.5) is 0 Å². The summed E-state index contributed by atoms with van der Waals surface area (Å²) in [5.74, 6) is -0.625. The van der Waals surface area contributed by atoms with Gasteiger partial charge in [0.1, 0.15) is 0 Å². The molecular formula is C10H9BrN2O2. The zero-order chi connectivity index (χ0) is 11.0. The molecule has 1 aromatic carbocycles. The molecule has 0 saturated carbocycles. The summed E-state index contributed by atoms with van der Waals surface area (Å²) in [6, 6.07) is 5.51. The largest absolute Gasteiger partial charge is 0.368 e. The highest BCUT2D eigenvalue weighted by atomic mass is 79.9. The van der Waals surface area contributed by atoms with Crippen LogP contribution in [-0.2, 0) is 11.3 Å². The molecule has 4 nitrogen and oxygen atoms in total. The lowest BCUT2D eigenvalue weighted by Crippen LogP contribution is -2.33. The van der Waals surface area contributed by atoms with E-state index in [1.807, 2.05) is 12.1 Å². The van der Waals surface area contributed by atoms with Crippen molar-refractivity contribution >= 4 is 27.7 Å². The van der Waals surface area contributed by atoms with Crippen molar-refractivity contribution in [1.82, 2.24) is 4.90 Å². The fraction of sp³-hybridized carbons (Fsp3) is 0.200. The maximum atomic E-state index is 11.8. The van der Waals surface area contributed by atoms with Crippen molar-refractivity contribution < 1.29 is 9.59 Å². The Morgan fingerprint density at radius 2 is 2.27 bits per heavy atom. The van der Waals surface area contributed by atoms with Gasteiger partial charge in [-0.25, -0.2) is 0 Å². The molecule has 0 spiro atoms. The van der Waals surface area contributed by atoms with Crippen molar-refractivity contribution in [2.75, 3.05) is 6.54 Å². The van der Waals surface area contributed by atoms with E-state index in [4.69, 9.17) is 5.73 Å². The lowest BCUT2D eigenvalue weighted by molar-refractivity contribution is -0.118. The summed E-state index contributed by atoms with van der Waals surface area (Å²) < 4.78 is 0.857. The van der Waals surface area contributed by atoms with Gasteiger partial charge in [-0.05, 0) is 17.7 Å². The number of hydrogen-bond acceptors (Lipinski definition) is 2. The average molecular weight is 269 g/mol. The van der Waals surface area contributed by atoms with Gasteiger partial charge in [0.25, 0.3) is 5.91 Å². The van der Waals surface area contributed by atoms with Crippen LogP contribution in [0.3, 0.4) is 0 Å². The lowest BCUT2D eigenvalue weighted by atomic mass is 10.1. The molecule has 15 heavy (non-hydrogen) atoms. The molecule has 2 amide bonds. The van der Waals surface area contributed by atoms with E-state index in [2.05, 4.69) is 15.9 Å². The van der Waals surface area contributed by atoms with E-state index < -0.39 is 5.91 Å². The average Bonchev–Trinajstić information content (AvgIpc) is 2.44. The van der Waals surface area contributed by atoms with E-state index in [0.717, 1.165) is 10.0 Å². The summed E-state index contributed by atoms with van der Waals surface area (Å²) in [7, 11) is 0. The second kappa shape index (κ2) is 3.66. The molecule has 0 atom stereocenters. The van der Waals surface area contributed by atoms with Crippen LogP contribution in [0.25, 0.3) is 0 Å². The van der Waals surface area contributed by atoms with Crippen molar-refractivity contribution in [3.8, 4) is 0 Å². The standard InChI is InChI=1S/C10H9BrN2O2/c11-7-2-1-6-4-13(5-9(12)14)10(15)8(6)3-7/h1-3H,4-5H2,(H2,12,14). The third-order valence-electron chi connectivity index (χ3n) is 2.30. The number of carbonyl (C=O) groups is 2. The number of benzene rings is 1. The summed E-state index contributed by atoms with van der Waals surface area (Å²) in [6.45, 7) is 0.440. The van der Waals surface area contributed by atoms with E-state index in [1.54, 1.807) is 6.07 Å². The van der Waals surface area contributed by atoms with Crippen LogP contribution in [-0.4, -0.2) is 23.3 Å². The molecule has 1 heterocycles. The number of primary amides is 1. The molecule has 0 aliphatic carbocycles. The maximum Gasteiger partial charge on any atom is 0.255 e. The van der Waals surface area contributed by atoms with Crippen molar-refractivity contribution in [3.63, 3.8) is 0 Å². The molecule has 0 saturated heterocycles. The number of rotatable bonds is 2. The van der Waals surface area contributed by atoms with E-state index in [0.29, 0.717) is 12.1 Å². The second-order valence-corrected chi connectivity index (χ2v) is 4.34. The summed E-state index contributed by atoms with van der Waals surface area (Å²) in [5, 5.41) is 0. The zero-order valence-corrected chi connectivity index (χ0v) is 9.45. The number of halogens is 1. The minimum absolute atomic E-state index is 0.0227. The zero-order valence-electron chi connectivity index (χ0n) is 7.87. The van der Waals surface area contributed by atoms with E-state index in [1.165, 1.54) is 4.90 Å². The van der Waals surface area contributed by atoms with Crippen LogP contribution >= 0.6 is 15.9 Å². The molecule has 0 radical (unpaired) electrons. The first kappa shape index (κ1) is 10.2. The van der Waals surface area contributed by atoms with Crippen LogP contribution in [0.1, 0.15) is 15.9 Å². The Bertz CT molecular complexity index is 445. The summed E-state index contributed by atoms with van der Waals surface area (Å²) >= 11 is 3.30. The molecule has 78 valence electrons. The molecule has 0 unspecified atom stereocenters. The third-order valence-corrected chi connectivity index (χ3v) is 2.79. The highest BCUT2D eigenvalue weighted by molar-refractivity contribution is 9.10. The normalized spacial score (nSPS) is 14.2. The molecule has 0 bridgehead atoms. The van der Waals surface area contributed by atoms with Gasteiger partial charge in [-0.2, -0.15) is 0 Å². The first-order chi connectivity index (χ1) is 7.08. The molecule has 5 heteroatoms. The molecule has 1 aliphatic rings. The van der Waals surface area contributed by atoms with Gasteiger partial charge in [0, 0.05) is 16.6 Å². The van der Waals surface area contributed by atoms with E-state index >= 15 is 0 Å². The highest BCUT2D eigenvalue weighted by Gasteiger charge is 2.27. The number of nitrogens with two attached hydrogens (primary N) is 1. The Morgan fingerprint density at radius 3 is 2.93 bits per heavy atom. The van der Waals surface area contributed by atoms with Crippen molar-refractivity contribution in [2.45, 2.75) is 6.54 Å². The van der Waals surface area contributed by atoms with Crippen LogP contribution in [0.2, 0.25) is 0 Å². The number of nitrogens with zero attached hydrogens (tertiary/aromatic N) is 1. The Hall–Kier alpha value is -1.36. The van der Waals surface area contributed by atoms with Gasteiger partial charge in [0.15, 0.2) is 0 Å². The third kappa shape index (κ3) is 1.87. The number of hydrogen-bond donors (Lipinski definition) is 1. The topological polar surface area (TPSA) is 63.4 Å². The summed E-state index contributed by atoms with van der Waals surface area (Å²) in [5.41, 5.74) is 6.64. The molecule has 1 aliphatic heterocycles. The molecule has 0 fully saturated rings. The smallest absolute Gasteiger partial charge is 0.255 e. The first-order valence-corrected chi connectivity index (χ1v) is 5.23. The Balaban J connectivity index is 2.29. The van der Waals surface area contributed by atoms with Crippen molar-refractivity contribution in [1.29, 1.82) is 0 Å². The maximum absolute atomic E-state index is 11.8. The molecule has 2 N–H and O–H groups in total. The fourth-order valence-corrected chi connectivity index (χ4v) is 2.01. The van der Waals surface area contributed by atoms with Gasteiger partial charge in [0.05, 0.1) is 6.54 Å². The van der Waals surface area contributed by atoms with Gasteiger partial charge < -0.3 is 10.6 Å². The van der Waals surface area contributed by atoms with Gasteiger partial charge in [0.2, 0.25) is 5.91 Å². The number of amides is 2. The van der Waals surface area contributed by atoms with Crippen LogP contribution in [0, 0.1) is 0 Å². The molecule has 1 aromatic rings. The number of fused-ring (bicyclic) bond motifs is 1. The van der Waals surface area contributed by atoms with Gasteiger partial charge >= 0.3 is 0 Å². The minimum Gasteiger partial charge on any atom is -0.368 e. The lowest BCUT2D eigenvalue weighted by Gasteiger charge is -2.11. The predicted octanol–water partition coefficient (Wildman–Crippen LogP) is 0.890. The number of carbonyl (C=O) groups excluding carboxylic acids is 2. The molecule has 2 rings (SSSR count). The van der Waals surface area contributed by atoms with Crippen LogP contribution in [0.15, 0.2) is 22.7 Å². The Morgan fingerprint density at radius 1 is 1.53 bits per heavy atom. The van der Waals surface area contributed by atoms with Crippen molar-refractivity contribution in [2.24, 2.45) is 5.73 Å². The quantitative estimate of drug-likeness (QED) is 0.866. The SMILES string of the molecule is NC(=O)CN1Cc2ccc(Br)cc2C1=O. The van der Waals surface area contributed by atoms with E-state index in [-0.39, 0.29) is 12.5 Å². The highest BCUT2D eigenvalue weighted by Crippen LogP contribution is 2.25. The molecule has 0 aromatic heterocycles. The first-order valence-electron chi connectivity index (χ1n) is 4.44. The van der Waals surface area contributed by atoms with Crippen LogP contribution < -0.4 is 5.73 Å². The minimum atomic E-state index is -0.491. The van der Waals surface area contributed by atoms with E-state index in [9.17, 15) is 9.59 Å². The van der Waals surface area contributed by atoms with Crippen LogP contribution in [0.5, 0.6) is 0 Å². The Kier molecular flexibility index (Phi) is 2.48. The molecular weight excluding hydrogens is 260 g/mol. The monoisotopic (exact) mass is 268 g/mol. The van der Waals surface area contributed by atoms with Gasteiger partial charge in [-0.1, -0.05) is 22.0 Å².